The van der Waals surface area contributed by atoms with Gasteiger partial charge in [0.1, 0.15) is 5.82 Å². The summed E-state index contributed by atoms with van der Waals surface area (Å²) in [5.41, 5.74) is 3.57. The normalized spacial score (nSPS) is 14.8. The lowest BCUT2D eigenvalue weighted by Crippen LogP contribution is -2.33. The minimum absolute atomic E-state index is 0.844. The molecule has 25 heavy (non-hydrogen) atoms. The summed E-state index contributed by atoms with van der Waals surface area (Å²) in [5.74, 6) is 1.15. The highest BCUT2D eigenvalue weighted by atomic mass is 16.3. The molecule has 0 amide bonds. The van der Waals surface area contributed by atoms with Crippen LogP contribution in [0.3, 0.4) is 0 Å². The summed E-state index contributed by atoms with van der Waals surface area (Å²) in [7, 11) is 2.12. The molecule has 0 unspecified atom stereocenters. The van der Waals surface area contributed by atoms with Gasteiger partial charge in [-0.05, 0) is 24.7 Å². The summed E-state index contributed by atoms with van der Waals surface area (Å²) in [6.07, 6.45) is 9.48. The molecule has 4 rings (SSSR count). The van der Waals surface area contributed by atoms with Crippen molar-refractivity contribution >= 4 is 0 Å². The molecular weight excluding hydrogens is 314 g/mol. The topological polar surface area (TPSA) is 50.3 Å². The van der Waals surface area contributed by atoms with Gasteiger partial charge < -0.3 is 8.98 Å². The Bertz CT molecular complexity index is 797. The molecular formula is C19H23N5O. The Kier molecular flexibility index (Phi) is 4.63. The van der Waals surface area contributed by atoms with E-state index in [1.807, 2.05) is 30.8 Å². The average molecular weight is 337 g/mol. The van der Waals surface area contributed by atoms with Crippen molar-refractivity contribution in [1.29, 1.82) is 0 Å². The monoisotopic (exact) mass is 337 g/mol. The van der Waals surface area contributed by atoms with Crippen molar-refractivity contribution < 1.29 is 4.42 Å². The molecule has 0 saturated heterocycles. The molecule has 4 heterocycles. The molecule has 0 radical (unpaired) electrons. The Balaban J connectivity index is 1.36. The van der Waals surface area contributed by atoms with Crippen LogP contribution in [0.2, 0.25) is 0 Å². The van der Waals surface area contributed by atoms with Crippen molar-refractivity contribution in [2.45, 2.75) is 32.7 Å². The average Bonchev–Trinajstić information content (AvgIpc) is 3.24. The lowest BCUT2D eigenvalue weighted by molar-refractivity contribution is 0.208. The van der Waals surface area contributed by atoms with Crippen molar-refractivity contribution in [1.82, 2.24) is 24.3 Å². The number of aromatic nitrogens is 3. The zero-order chi connectivity index (χ0) is 17.1. The number of pyridine rings is 1. The Morgan fingerprint density at radius 1 is 1.20 bits per heavy atom. The molecule has 130 valence electrons. The molecule has 0 saturated carbocycles. The Morgan fingerprint density at radius 2 is 2.16 bits per heavy atom. The van der Waals surface area contributed by atoms with Crippen LogP contribution in [0.25, 0.3) is 0 Å². The fourth-order valence-electron chi connectivity index (χ4n) is 3.35. The molecule has 0 aromatic carbocycles. The van der Waals surface area contributed by atoms with Crippen LogP contribution < -0.4 is 0 Å². The van der Waals surface area contributed by atoms with Crippen LogP contribution in [-0.4, -0.2) is 37.9 Å². The third kappa shape index (κ3) is 3.97. The van der Waals surface area contributed by atoms with Crippen molar-refractivity contribution in [3.05, 3.63) is 72.0 Å². The summed E-state index contributed by atoms with van der Waals surface area (Å²) < 4.78 is 7.46. The predicted molar refractivity (Wildman–Crippen MR) is 94.5 cm³/mol. The number of rotatable bonds is 6. The maximum absolute atomic E-state index is 5.16. The van der Waals surface area contributed by atoms with Crippen molar-refractivity contribution in [3.8, 4) is 0 Å². The maximum atomic E-state index is 5.16. The zero-order valence-electron chi connectivity index (χ0n) is 14.5. The van der Waals surface area contributed by atoms with Gasteiger partial charge in [-0.1, -0.05) is 6.07 Å². The van der Waals surface area contributed by atoms with Crippen LogP contribution >= 0.6 is 0 Å². The van der Waals surface area contributed by atoms with Gasteiger partial charge in [0, 0.05) is 56.9 Å². The molecule has 1 aliphatic heterocycles. The van der Waals surface area contributed by atoms with Gasteiger partial charge in [-0.15, -0.1) is 0 Å². The van der Waals surface area contributed by atoms with Crippen LogP contribution in [-0.2, 0) is 32.7 Å². The van der Waals surface area contributed by atoms with E-state index < -0.39 is 0 Å². The Morgan fingerprint density at radius 3 is 2.96 bits per heavy atom. The van der Waals surface area contributed by atoms with Crippen LogP contribution in [0.5, 0.6) is 0 Å². The van der Waals surface area contributed by atoms with Gasteiger partial charge in [0.25, 0.3) is 0 Å². The molecule has 1 aliphatic rings. The van der Waals surface area contributed by atoms with Crippen molar-refractivity contribution in [2.24, 2.45) is 0 Å². The highest BCUT2D eigenvalue weighted by Gasteiger charge is 2.19. The van der Waals surface area contributed by atoms with E-state index >= 15 is 0 Å². The maximum Gasteiger partial charge on any atom is 0.123 e. The Hall–Kier alpha value is -2.44. The summed E-state index contributed by atoms with van der Waals surface area (Å²) in [6.45, 7) is 5.56. The van der Waals surface area contributed by atoms with Gasteiger partial charge >= 0.3 is 0 Å². The van der Waals surface area contributed by atoms with Gasteiger partial charge in [0.15, 0.2) is 0 Å². The molecule has 0 atom stereocenters. The van der Waals surface area contributed by atoms with Gasteiger partial charge in [-0.2, -0.15) is 0 Å². The number of fused-ring (bicyclic) bond motifs is 1. The summed E-state index contributed by atoms with van der Waals surface area (Å²) in [4.78, 5) is 13.7. The molecule has 6 heteroatoms. The zero-order valence-corrected chi connectivity index (χ0v) is 14.5. The smallest absolute Gasteiger partial charge is 0.123 e. The van der Waals surface area contributed by atoms with Crippen molar-refractivity contribution in [3.63, 3.8) is 0 Å². The third-order valence-corrected chi connectivity index (χ3v) is 4.52. The standard InChI is InChI=1S/C19H23N5O/c1-22(10-16-3-2-5-20-9-16)12-18-13-24-7-6-23(14-19(24)21-18)11-17-4-8-25-15-17/h2-5,8-9,13,15H,6-7,10-12,14H2,1H3. The number of imidazole rings is 1. The van der Waals surface area contributed by atoms with E-state index in [2.05, 4.69) is 38.7 Å². The van der Waals surface area contributed by atoms with Crippen LogP contribution in [0.15, 0.2) is 53.7 Å². The highest BCUT2D eigenvalue weighted by molar-refractivity contribution is 5.11. The third-order valence-electron chi connectivity index (χ3n) is 4.52. The number of hydrogen-bond donors (Lipinski definition) is 0. The van der Waals surface area contributed by atoms with E-state index in [0.717, 1.165) is 50.8 Å². The SMILES string of the molecule is CN(Cc1cccnc1)Cc1cn2c(n1)CN(Cc1ccoc1)CC2. The number of nitrogens with zero attached hydrogens (tertiary/aromatic N) is 5. The largest absolute Gasteiger partial charge is 0.472 e. The minimum atomic E-state index is 0.844. The fourth-order valence-corrected chi connectivity index (χ4v) is 3.35. The van der Waals surface area contributed by atoms with Gasteiger partial charge in [-0.3, -0.25) is 14.8 Å². The minimum Gasteiger partial charge on any atom is -0.472 e. The first-order chi connectivity index (χ1) is 12.3. The second-order valence-corrected chi connectivity index (χ2v) is 6.72. The second kappa shape index (κ2) is 7.21. The molecule has 3 aromatic rings. The van der Waals surface area contributed by atoms with Crippen LogP contribution in [0.4, 0.5) is 0 Å². The Labute approximate surface area is 147 Å². The molecule has 0 spiro atoms. The summed E-state index contributed by atoms with van der Waals surface area (Å²) >= 11 is 0. The first kappa shape index (κ1) is 16.1. The first-order valence-electron chi connectivity index (χ1n) is 8.62. The lowest BCUT2D eigenvalue weighted by Gasteiger charge is -2.26. The van der Waals surface area contributed by atoms with Gasteiger partial charge in [-0.25, -0.2) is 4.98 Å². The fraction of sp³-hybridized carbons (Fsp3) is 0.368. The van der Waals surface area contributed by atoms with Gasteiger partial charge in [0.2, 0.25) is 0 Å². The van der Waals surface area contributed by atoms with E-state index in [1.165, 1.54) is 11.1 Å². The van der Waals surface area contributed by atoms with Crippen LogP contribution in [0, 0.1) is 0 Å². The first-order valence-corrected chi connectivity index (χ1v) is 8.62. The molecule has 0 bridgehead atoms. The molecule has 3 aromatic heterocycles. The molecule has 0 aliphatic carbocycles. The van der Waals surface area contributed by atoms with E-state index in [-0.39, 0.29) is 0 Å². The number of hydrogen-bond acceptors (Lipinski definition) is 5. The quantitative estimate of drug-likeness (QED) is 0.692. The number of furan rings is 1. The van der Waals surface area contributed by atoms with Crippen LogP contribution in [0.1, 0.15) is 22.6 Å². The summed E-state index contributed by atoms with van der Waals surface area (Å²) in [6, 6.07) is 6.11. The van der Waals surface area contributed by atoms with Crippen molar-refractivity contribution in [2.75, 3.05) is 13.6 Å². The summed E-state index contributed by atoms with van der Waals surface area (Å²) in [5, 5.41) is 0. The van der Waals surface area contributed by atoms with E-state index in [1.54, 1.807) is 6.26 Å². The van der Waals surface area contributed by atoms with E-state index in [4.69, 9.17) is 9.40 Å². The highest BCUT2D eigenvalue weighted by Crippen LogP contribution is 2.17. The van der Waals surface area contributed by atoms with E-state index in [9.17, 15) is 0 Å². The lowest BCUT2D eigenvalue weighted by atomic mass is 10.2. The van der Waals surface area contributed by atoms with E-state index in [0.29, 0.717) is 0 Å². The predicted octanol–water partition coefficient (Wildman–Crippen LogP) is 2.52. The molecule has 6 nitrogen and oxygen atoms in total. The van der Waals surface area contributed by atoms with Gasteiger partial charge in [0.05, 0.1) is 24.8 Å². The molecule has 0 fully saturated rings. The second-order valence-electron chi connectivity index (χ2n) is 6.72. The molecule has 0 N–H and O–H groups in total.